The maximum absolute atomic E-state index is 5.67. The average molecular weight is 191 g/mol. The van der Waals surface area contributed by atoms with Crippen LogP contribution in [0.4, 0.5) is 0 Å². The normalized spacial score (nSPS) is 30.9. The Labute approximate surface area is 87.4 Å². The Bertz CT molecular complexity index is 234. The first-order valence-electron chi connectivity index (χ1n) is 5.40. The summed E-state index contributed by atoms with van der Waals surface area (Å²) in [6, 6.07) is 0.160. The van der Waals surface area contributed by atoms with Gasteiger partial charge in [0.1, 0.15) is 0 Å². The summed E-state index contributed by atoms with van der Waals surface area (Å²) >= 11 is 0. The van der Waals surface area contributed by atoms with Crippen LogP contribution in [0.3, 0.4) is 0 Å². The highest BCUT2D eigenvalue weighted by Gasteiger charge is 2.11. The minimum Gasteiger partial charge on any atom is -0.325 e. The number of rotatable bonds is 3. The molecule has 0 saturated carbocycles. The first-order chi connectivity index (χ1) is 6.59. The Balaban J connectivity index is 2.50. The monoisotopic (exact) mass is 191 g/mol. The van der Waals surface area contributed by atoms with Crippen molar-refractivity contribution in [3.05, 3.63) is 36.5 Å². The number of hydrogen-bond acceptors (Lipinski definition) is 1. The fourth-order valence-corrected chi connectivity index (χ4v) is 1.56. The summed E-state index contributed by atoms with van der Waals surface area (Å²) in [4.78, 5) is 0. The first-order valence-corrected chi connectivity index (χ1v) is 5.40. The molecule has 0 spiro atoms. The highest BCUT2D eigenvalue weighted by Crippen LogP contribution is 2.22. The Kier molecular flexibility index (Phi) is 4.15. The van der Waals surface area contributed by atoms with E-state index in [1.54, 1.807) is 0 Å². The summed E-state index contributed by atoms with van der Waals surface area (Å²) < 4.78 is 0. The van der Waals surface area contributed by atoms with E-state index < -0.39 is 0 Å². The Morgan fingerprint density at radius 3 is 2.14 bits per heavy atom. The molecule has 0 saturated heterocycles. The molecule has 1 aliphatic rings. The Morgan fingerprint density at radius 2 is 1.64 bits per heavy atom. The molecule has 0 aromatic carbocycles. The number of hydrogen-bond donors (Lipinski definition) is 1. The van der Waals surface area contributed by atoms with Crippen LogP contribution in [-0.2, 0) is 0 Å². The molecule has 1 aliphatic carbocycles. The van der Waals surface area contributed by atoms with Crippen molar-refractivity contribution in [2.45, 2.75) is 26.8 Å². The molecule has 14 heavy (non-hydrogen) atoms. The van der Waals surface area contributed by atoms with Gasteiger partial charge in [0.2, 0.25) is 0 Å². The lowest BCUT2D eigenvalue weighted by molar-refractivity contribution is 0.593. The second kappa shape index (κ2) is 5.16. The lowest BCUT2D eigenvalue weighted by Crippen LogP contribution is -2.13. The van der Waals surface area contributed by atoms with E-state index in [0.717, 1.165) is 0 Å². The lowest BCUT2D eigenvalue weighted by atomic mass is 9.87. The van der Waals surface area contributed by atoms with Crippen molar-refractivity contribution in [3.8, 4) is 0 Å². The summed E-state index contributed by atoms with van der Waals surface area (Å²) in [6.07, 6.45) is 13.4. The van der Waals surface area contributed by atoms with Gasteiger partial charge in [0.05, 0.1) is 0 Å². The van der Waals surface area contributed by atoms with Crippen molar-refractivity contribution in [1.82, 2.24) is 0 Å². The van der Waals surface area contributed by atoms with Gasteiger partial charge in [-0.15, -0.1) is 0 Å². The van der Waals surface area contributed by atoms with Crippen LogP contribution in [0.1, 0.15) is 20.8 Å². The van der Waals surface area contributed by atoms with E-state index in [0.29, 0.717) is 17.8 Å². The molecule has 0 bridgehead atoms. The molecule has 1 heteroatoms. The number of nitrogens with two attached hydrogens (primary N) is 1. The van der Waals surface area contributed by atoms with Gasteiger partial charge < -0.3 is 5.73 Å². The zero-order chi connectivity index (χ0) is 10.6. The molecule has 0 heterocycles. The van der Waals surface area contributed by atoms with E-state index in [1.165, 1.54) is 0 Å². The van der Waals surface area contributed by atoms with E-state index in [4.69, 9.17) is 5.73 Å². The minimum atomic E-state index is 0.160. The molecule has 0 radical (unpaired) electrons. The Morgan fingerprint density at radius 1 is 1.07 bits per heavy atom. The Hall–Kier alpha value is -0.820. The fourth-order valence-electron chi connectivity index (χ4n) is 1.56. The maximum atomic E-state index is 5.67. The van der Waals surface area contributed by atoms with E-state index in [9.17, 15) is 0 Å². The predicted octanol–water partition coefficient (Wildman–Crippen LogP) is 2.90. The van der Waals surface area contributed by atoms with Crippen molar-refractivity contribution in [3.63, 3.8) is 0 Å². The van der Waals surface area contributed by atoms with Crippen LogP contribution in [0.25, 0.3) is 0 Å². The molecule has 78 valence electrons. The van der Waals surface area contributed by atoms with Crippen molar-refractivity contribution in [2.24, 2.45) is 23.5 Å². The standard InChI is InChI=1S/C13H21N/c1-10-4-8-13(9-5-10)11(2)6-7-12(3)14/h4-13H,14H2,1-3H3/b7-6-. The van der Waals surface area contributed by atoms with Gasteiger partial charge in [-0.2, -0.15) is 0 Å². The molecule has 1 rings (SSSR count). The zero-order valence-corrected chi connectivity index (χ0v) is 9.35. The molecule has 0 aliphatic heterocycles. The van der Waals surface area contributed by atoms with E-state index in [-0.39, 0.29) is 6.04 Å². The molecule has 1 nitrogen and oxygen atoms in total. The second-order valence-corrected chi connectivity index (χ2v) is 4.31. The second-order valence-electron chi connectivity index (χ2n) is 4.31. The molecular weight excluding hydrogens is 170 g/mol. The quantitative estimate of drug-likeness (QED) is 0.682. The molecule has 0 amide bonds. The molecule has 0 aromatic heterocycles. The van der Waals surface area contributed by atoms with Gasteiger partial charge >= 0.3 is 0 Å². The molecule has 0 aromatic rings. The third-order valence-electron chi connectivity index (χ3n) is 2.60. The van der Waals surface area contributed by atoms with Gasteiger partial charge in [0, 0.05) is 12.0 Å². The van der Waals surface area contributed by atoms with Gasteiger partial charge in [-0.3, -0.25) is 0 Å². The van der Waals surface area contributed by atoms with Gasteiger partial charge in [0.25, 0.3) is 0 Å². The molecular formula is C13H21N. The van der Waals surface area contributed by atoms with E-state index in [1.807, 2.05) is 6.92 Å². The fraction of sp³-hybridized carbons (Fsp3) is 0.538. The van der Waals surface area contributed by atoms with Crippen LogP contribution in [-0.4, -0.2) is 6.04 Å². The van der Waals surface area contributed by atoms with Crippen molar-refractivity contribution in [2.75, 3.05) is 0 Å². The minimum absolute atomic E-state index is 0.160. The summed E-state index contributed by atoms with van der Waals surface area (Å²) in [7, 11) is 0. The smallest absolute Gasteiger partial charge is 0.0194 e. The van der Waals surface area contributed by atoms with Gasteiger partial charge in [0.15, 0.2) is 0 Å². The van der Waals surface area contributed by atoms with Crippen LogP contribution in [0.5, 0.6) is 0 Å². The zero-order valence-electron chi connectivity index (χ0n) is 9.35. The van der Waals surface area contributed by atoms with Crippen molar-refractivity contribution < 1.29 is 0 Å². The predicted molar refractivity (Wildman–Crippen MR) is 62.9 cm³/mol. The molecule has 2 atom stereocenters. The van der Waals surface area contributed by atoms with Crippen molar-refractivity contribution in [1.29, 1.82) is 0 Å². The third-order valence-corrected chi connectivity index (χ3v) is 2.60. The van der Waals surface area contributed by atoms with E-state index >= 15 is 0 Å². The number of allylic oxidation sites excluding steroid dienone is 5. The third kappa shape index (κ3) is 3.51. The van der Waals surface area contributed by atoms with Gasteiger partial charge in [-0.05, 0) is 18.8 Å². The van der Waals surface area contributed by atoms with Crippen LogP contribution in [0.15, 0.2) is 36.5 Å². The maximum Gasteiger partial charge on any atom is 0.0194 e. The summed E-state index contributed by atoms with van der Waals surface area (Å²) in [5, 5.41) is 0. The first kappa shape index (κ1) is 11.3. The van der Waals surface area contributed by atoms with Crippen LogP contribution in [0.2, 0.25) is 0 Å². The SMILES string of the molecule is CC1C=CC(C(C)/C=C\C(C)N)C=C1. The summed E-state index contributed by atoms with van der Waals surface area (Å²) in [5.41, 5.74) is 5.67. The van der Waals surface area contributed by atoms with Crippen LogP contribution >= 0.6 is 0 Å². The van der Waals surface area contributed by atoms with E-state index in [2.05, 4.69) is 50.3 Å². The summed E-state index contributed by atoms with van der Waals surface area (Å²) in [6.45, 7) is 6.43. The van der Waals surface area contributed by atoms with Crippen LogP contribution in [0, 0.1) is 17.8 Å². The van der Waals surface area contributed by atoms with Gasteiger partial charge in [-0.1, -0.05) is 50.3 Å². The average Bonchev–Trinajstić information content (AvgIpc) is 2.15. The van der Waals surface area contributed by atoms with Crippen molar-refractivity contribution >= 4 is 0 Å². The molecule has 0 fully saturated rings. The van der Waals surface area contributed by atoms with Gasteiger partial charge in [-0.25, -0.2) is 0 Å². The lowest BCUT2D eigenvalue weighted by Gasteiger charge is -2.18. The highest BCUT2D eigenvalue weighted by atomic mass is 14.6. The van der Waals surface area contributed by atoms with Crippen LogP contribution < -0.4 is 5.73 Å². The topological polar surface area (TPSA) is 26.0 Å². The highest BCUT2D eigenvalue weighted by molar-refractivity contribution is 5.15. The molecule has 2 N–H and O–H groups in total. The summed E-state index contributed by atoms with van der Waals surface area (Å²) in [5.74, 6) is 1.68. The largest absolute Gasteiger partial charge is 0.325 e. The molecule has 2 unspecified atom stereocenters.